The van der Waals surface area contributed by atoms with Crippen LogP contribution in [-0.4, -0.2) is 43.0 Å². The van der Waals surface area contributed by atoms with E-state index in [2.05, 4.69) is 22.5 Å². The third-order valence-corrected chi connectivity index (χ3v) is 3.16. The number of anilines is 1. The molecule has 2 N–H and O–H groups in total. The Morgan fingerprint density at radius 1 is 1.61 bits per heavy atom. The first-order chi connectivity index (χ1) is 8.63. The van der Waals surface area contributed by atoms with Gasteiger partial charge in [-0.15, -0.1) is 0 Å². The molecule has 98 valence electrons. The largest absolute Gasteiger partial charge is 0.325 e. The molecule has 0 saturated carbocycles. The molecule has 0 unspecified atom stereocenters. The van der Waals surface area contributed by atoms with Crippen molar-refractivity contribution in [1.82, 2.24) is 10.2 Å². The number of benzene rings is 1. The van der Waals surface area contributed by atoms with Gasteiger partial charge in [0.15, 0.2) is 0 Å². The van der Waals surface area contributed by atoms with Crippen LogP contribution in [0.2, 0.25) is 5.02 Å². The first kappa shape index (κ1) is 13.3. The first-order valence-electron chi connectivity index (χ1n) is 6.14. The van der Waals surface area contributed by atoms with Gasteiger partial charge >= 0.3 is 0 Å². The lowest BCUT2D eigenvalue weighted by Gasteiger charge is -2.31. The number of carbonyl (C=O) groups is 1. The summed E-state index contributed by atoms with van der Waals surface area (Å²) in [6.07, 6.45) is 0. The summed E-state index contributed by atoms with van der Waals surface area (Å²) in [5.74, 6) is 0.00590. The van der Waals surface area contributed by atoms with Crippen molar-refractivity contribution in [2.24, 2.45) is 0 Å². The summed E-state index contributed by atoms with van der Waals surface area (Å²) in [7, 11) is 0. The molecule has 1 aromatic rings. The highest BCUT2D eigenvalue weighted by molar-refractivity contribution is 6.30. The van der Waals surface area contributed by atoms with Gasteiger partial charge in [-0.3, -0.25) is 9.69 Å². The fourth-order valence-electron chi connectivity index (χ4n) is 2.13. The Bertz CT molecular complexity index is 424. The van der Waals surface area contributed by atoms with Crippen LogP contribution in [0.25, 0.3) is 0 Å². The van der Waals surface area contributed by atoms with Crippen molar-refractivity contribution in [2.75, 3.05) is 31.5 Å². The van der Waals surface area contributed by atoms with E-state index >= 15 is 0 Å². The minimum Gasteiger partial charge on any atom is -0.325 e. The third-order valence-electron chi connectivity index (χ3n) is 2.93. The Balaban J connectivity index is 1.85. The number of piperazine rings is 1. The number of rotatable bonds is 3. The SMILES string of the molecule is C[C@H]1CN(CC(=O)Nc2cccc(Cl)c2)CCN1. The van der Waals surface area contributed by atoms with Gasteiger partial charge in [0.1, 0.15) is 0 Å². The molecule has 0 spiro atoms. The van der Waals surface area contributed by atoms with E-state index < -0.39 is 0 Å². The summed E-state index contributed by atoms with van der Waals surface area (Å²) in [6.45, 7) is 5.31. The molecule has 1 saturated heterocycles. The van der Waals surface area contributed by atoms with E-state index in [9.17, 15) is 4.79 Å². The van der Waals surface area contributed by atoms with E-state index in [1.807, 2.05) is 12.1 Å². The summed E-state index contributed by atoms with van der Waals surface area (Å²) in [4.78, 5) is 14.0. The molecule has 0 bridgehead atoms. The second-order valence-corrected chi connectivity index (χ2v) is 5.09. The number of hydrogen-bond acceptors (Lipinski definition) is 3. The highest BCUT2D eigenvalue weighted by Crippen LogP contribution is 2.14. The number of amides is 1. The van der Waals surface area contributed by atoms with Crippen LogP contribution in [0, 0.1) is 0 Å². The molecule has 0 aliphatic carbocycles. The predicted molar refractivity (Wildman–Crippen MR) is 74.0 cm³/mol. The zero-order chi connectivity index (χ0) is 13.0. The van der Waals surface area contributed by atoms with E-state index in [1.165, 1.54) is 0 Å². The Morgan fingerprint density at radius 2 is 2.44 bits per heavy atom. The Hall–Kier alpha value is -1.10. The van der Waals surface area contributed by atoms with Crippen LogP contribution < -0.4 is 10.6 Å². The normalized spacial score (nSPS) is 20.7. The highest BCUT2D eigenvalue weighted by Gasteiger charge is 2.17. The van der Waals surface area contributed by atoms with E-state index in [-0.39, 0.29) is 5.91 Å². The molecule has 1 aliphatic heterocycles. The first-order valence-corrected chi connectivity index (χ1v) is 6.52. The van der Waals surface area contributed by atoms with E-state index in [1.54, 1.807) is 12.1 Å². The van der Waals surface area contributed by atoms with Crippen molar-refractivity contribution in [1.29, 1.82) is 0 Å². The fraction of sp³-hybridized carbons (Fsp3) is 0.462. The van der Waals surface area contributed by atoms with Crippen molar-refractivity contribution < 1.29 is 4.79 Å². The summed E-state index contributed by atoms with van der Waals surface area (Å²) in [5.41, 5.74) is 0.746. The number of hydrogen-bond donors (Lipinski definition) is 2. The summed E-state index contributed by atoms with van der Waals surface area (Å²) < 4.78 is 0. The van der Waals surface area contributed by atoms with Crippen LogP contribution >= 0.6 is 11.6 Å². The lowest BCUT2D eigenvalue weighted by molar-refractivity contribution is -0.117. The van der Waals surface area contributed by atoms with Gasteiger partial charge in [-0.05, 0) is 25.1 Å². The summed E-state index contributed by atoms with van der Waals surface area (Å²) in [5, 5.41) is 6.84. The molecule has 5 heteroatoms. The van der Waals surface area contributed by atoms with Gasteiger partial charge in [0.25, 0.3) is 0 Å². The minimum atomic E-state index is 0.00590. The van der Waals surface area contributed by atoms with Gasteiger partial charge in [-0.2, -0.15) is 0 Å². The maximum Gasteiger partial charge on any atom is 0.238 e. The van der Waals surface area contributed by atoms with Gasteiger partial charge in [0, 0.05) is 36.4 Å². The average molecular weight is 268 g/mol. The van der Waals surface area contributed by atoms with Crippen LogP contribution in [0.15, 0.2) is 24.3 Å². The predicted octanol–water partition coefficient (Wildman–Crippen LogP) is 1.57. The highest BCUT2D eigenvalue weighted by atomic mass is 35.5. The second kappa shape index (κ2) is 6.18. The van der Waals surface area contributed by atoms with E-state index in [0.717, 1.165) is 25.3 Å². The quantitative estimate of drug-likeness (QED) is 0.874. The third kappa shape index (κ3) is 3.98. The Labute approximate surface area is 112 Å². The fourth-order valence-corrected chi connectivity index (χ4v) is 2.32. The average Bonchev–Trinajstić information content (AvgIpc) is 2.28. The van der Waals surface area contributed by atoms with Crippen molar-refractivity contribution in [3.05, 3.63) is 29.3 Å². The van der Waals surface area contributed by atoms with Crippen LogP contribution in [0.4, 0.5) is 5.69 Å². The van der Waals surface area contributed by atoms with Gasteiger partial charge in [-0.25, -0.2) is 0 Å². The van der Waals surface area contributed by atoms with Crippen molar-refractivity contribution in [2.45, 2.75) is 13.0 Å². The molecule has 1 aromatic carbocycles. The molecule has 4 nitrogen and oxygen atoms in total. The molecule has 18 heavy (non-hydrogen) atoms. The molecule has 1 fully saturated rings. The number of nitrogens with zero attached hydrogens (tertiary/aromatic N) is 1. The minimum absolute atomic E-state index is 0.00590. The van der Waals surface area contributed by atoms with Crippen molar-refractivity contribution in [3.63, 3.8) is 0 Å². The maximum atomic E-state index is 11.9. The molecule has 2 rings (SSSR count). The molecule has 0 aromatic heterocycles. The summed E-state index contributed by atoms with van der Waals surface area (Å²) >= 11 is 5.87. The molecule has 1 heterocycles. The number of halogens is 1. The standard InChI is InChI=1S/C13H18ClN3O/c1-10-8-17(6-5-15-10)9-13(18)16-12-4-2-3-11(14)7-12/h2-4,7,10,15H,5-6,8-9H2,1H3,(H,16,18)/t10-/m0/s1. The number of nitrogens with one attached hydrogen (secondary N) is 2. The lowest BCUT2D eigenvalue weighted by atomic mass is 10.2. The lowest BCUT2D eigenvalue weighted by Crippen LogP contribution is -2.51. The van der Waals surface area contributed by atoms with Crippen LogP contribution in [0.3, 0.4) is 0 Å². The Kier molecular flexibility index (Phi) is 4.58. The van der Waals surface area contributed by atoms with Crippen LogP contribution in [-0.2, 0) is 4.79 Å². The van der Waals surface area contributed by atoms with Crippen molar-refractivity contribution >= 4 is 23.2 Å². The van der Waals surface area contributed by atoms with Gasteiger partial charge in [0.05, 0.1) is 6.54 Å². The van der Waals surface area contributed by atoms with E-state index in [4.69, 9.17) is 11.6 Å². The van der Waals surface area contributed by atoms with Gasteiger partial charge in [-0.1, -0.05) is 17.7 Å². The molecular weight excluding hydrogens is 250 g/mol. The monoisotopic (exact) mass is 267 g/mol. The summed E-state index contributed by atoms with van der Waals surface area (Å²) in [6, 6.07) is 7.64. The number of carbonyl (C=O) groups excluding carboxylic acids is 1. The topological polar surface area (TPSA) is 44.4 Å². The molecule has 0 radical (unpaired) electrons. The van der Waals surface area contributed by atoms with Crippen LogP contribution in [0.5, 0.6) is 0 Å². The molecule has 1 atom stereocenters. The van der Waals surface area contributed by atoms with Crippen molar-refractivity contribution in [3.8, 4) is 0 Å². The Morgan fingerprint density at radius 3 is 3.17 bits per heavy atom. The van der Waals surface area contributed by atoms with Gasteiger partial charge in [0.2, 0.25) is 5.91 Å². The molecule has 1 amide bonds. The second-order valence-electron chi connectivity index (χ2n) is 4.65. The van der Waals surface area contributed by atoms with E-state index in [0.29, 0.717) is 17.6 Å². The maximum absolute atomic E-state index is 11.9. The van der Waals surface area contributed by atoms with Gasteiger partial charge < -0.3 is 10.6 Å². The smallest absolute Gasteiger partial charge is 0.238 e. The zero-order valence-corrected chi connectivity index (χ0v) is 11.2. The zero-order valence-electron chi connectivity index (χ0n) is 10.4. The van der Waals surface area contributed by atoms with Crippen LogP contribution in [0.1, 0.15) is 6.92 Å². The molecule has 1 aliphatic rings. The molecular formula is C13H18ClN3O.